The van der Waals surface area contributed by atoms with Gasteiger partial charge >= 0.3 is 0 Å². The van der Waals surface area contributed by atoms with Crippen molar-refractivity contribution in [3.8, 4) is 5.75 Å². The fraction of sp³-hybridized carbons (Fsp3) is 0.167. The molecule has 0 saturated carbocycles. The Labute approximate surface area is 119 Å². The number of nitrogens with zero attached hydrogens (tertiary/aromatic N) is 1. The van der Waals surface area contributed by atoms with Gasteiger partial charge in [0, 0.05) is 16.6 Å². The lowest BCUT2D eigenvalue weighted by molar-refractivity contribution is 0.1000. The third kappa shape index (κ3) is 3.36. The summed E-state index contributed by atoms with van der Waals surface area (Å²) in [4.78, 5) is 16.1. The lowest BCUT2D eigenvalue weighted by atomic mass is 10.2. The van der Waals surface area contributed by atoms with E-state index >= 15 is 0 Å². The minimum absolute atomic E-state index is 0.406. The molecule has 1 aromatic heterocycles. The summed E-state index contributed by atoms with van der Waals surface area (Å²) in [5.74, 6) is 0.0750. The lowest BCUT2D eigenvalue weighted by Crippen LogP contribution is -2.11. The maximum absolute atomic E-state index is 11.1. The Morgan fingerprint density at radius 3 is 2.95 bits per heavy atom. The van der Waals surface area contributed by atoms with Gasteiger partial charge < -0.3 is 15.8 Å². The molecule has 3 N–H and O–H groups in total. The number of methoxy groups -OCH3 is 1. The van der Waals surface area contributed by atoms with Crippen molar-refractivity contribution >= 4 is 34.5 Å². The second kappa shape index (κ2) is 5.90. The Morgan fingerprint density at radius 1 is 1.58 bits per heavy atom. The lowest BCUT2D eigenvalue weighted by Gasteiger charge is -2.11. The van der Waals surface area contributed by atoms with Gasteiger partial charge in [-0.2, -0.15) is 0 Å². The van der Waals surface area contributed by atoms with Gasteiger partial charge in [0.25, 0.3) is 0 Å². The van der Waals surface area contributed by atoms with Crippen molar-refractivity contribution in [1.82, 2.24) is 4.98 Å². The van der Waals surface area contributed by atoms with Crippen molar-refractivity contribution in [2.45, 2.75) is 6.54 Å². The molecule has 0 aliphatic carbocycles. The summed E-state index contributed by atoms with van der Waals surface area (Å²) in [6.07, 6.45) is 1.71. The average Bonchev–Trinajstić information content (AvgIpc) is 2.81. The van der Waals surface area contributed by atoms with Crippen LogP contribution in [0, 0.1) is 0 Å². The van der Waals surface area contributed by atoms with E-state index < -0.39 is 5.91 Å². The molecule has 100 valence electrons. The Morgan fingerprint density at radius 2 is 2.37 bits per heavy atom. The van der Waals surface area contributed by atoms with E-state index in [2.05, 4.69) is 10.3 Å². The van der Waals surface area contributed by atoms with E-state index in [0.29, 0.717) is 22.3 Å². The highest BCUT2D eigenvalue weighted by Gasteiger charge is 2.08. The molecule has 19 heavy (non-hydrogen) atoms. The number of nitrogens with two attached hydrogens (primary N) is 1. The number of amides is 1. The molecule has 2 rings (SSSR count). The molecule has 0 fully saturated rings. The number of halogens is 1. The molecule has 2 aromatic rings. The molecule has 0 atom stereocenters. The highest BCUT2D eigenvalue weighted by molar-refractivity contribution is 7.15. The maximum Gasteiger partial charge on any atom is 0.248 e. The van der Waals surface area contributed by atoms with Crippen molar-refractivity contribution in [2.24, 2.45) is 5.73 Å². The van der Waals surface area contributed by atoms with Gasteiger partial charge in [-0.15, -0.1) is 11.3 Å². The van der Waals surface area contributed by atoms with E-state index in [0.717, 1.165) is 10.6 Å². The van der Waals surface area contributed by atoms with E-state index in [1.807, 2.05) is 0 Å². The molecule has 0 spiro atoms. The van der Waals surface area contributed by atoms with Crippen molar-refractivity contribution in [2.75, 3.05) is 12.4 Å². The van der Waals surface area contributed by atoms with Gasteiger partial charge in [-0.3, -0.25) is 4.79 Å². The molecule has 0 saturated heterocycles. The van der Waals surface area contributed by atoms with Crippen LogP contribution in [0.1, 0.15) is 15.2 Å². The normalized spacial score (nSPS) is 10.2. The Hall–Kier alpha value is -1.79. The fourth-order valence-electron chi connectivity index (χ4n) is 1.54. The quantitative estimate of drug-likeness (QED) is 0.889. The first kappa shape index (κ1) is 13.6. The second-order valence-electron chi connectivity index (χ2n) is 3.71. The number of aromatic nitrogens is 1. The third-order valence-electron chi connectivity index (χ3n) is 2.46. The zero-order valence-electron chi connectivity index (χ0n) is 10.1. The predicted octanol–water partition coefficient (Wildman–Crippen LogP) is 2.52. The number of thiazole rings is 1. The SMILES string of the molecule is COc1cc(C(N)=O)ccc1NCc1cnc(Cl)s1. The number of nitrogens with one attached hydrogen (secondary N) is 1. The van der Waals surface area contributed by atoms with Crippen molar-refractivity contribution in [1.29, 1.82) is 0 Å². The number of carbonyl (C=O) groups excluding carboxylic acids is 1. The maximum atomic E-state index is 11.1. The molecule has 0 aliphatic heterocycles. The zero-order valence-corrected chi connectivity index (χ0v) is 11.7. The van der Waals surface area contributed by atoms with Crippen LogP contribution in [0.15, 0.2) is 24.4 Å². The first-order valence-electron chi connectivity index (χ1n) is 5.42. The minimum atomic E-state index is -0.487. The largest absolute Gasteiger partial charge is 0.495 e. The number of hydrogen-bond acceptors (Lipinski definition) is 5. The summed E-state index contributed by atoms with van der Waals surface area (Å²) in [6, 6.07) is 5.00. The molecule has 0 bridgehead atoms. The molecule has 7 heteroatoms. The molecular formula is C12H12ClN3O2S. The number of hydrogen-bond donors (Lipinski definition) is 2. The van der Waals surface area contributed by atoms with Crippen LogP contribution >= 0.6 is 22.9 Å². The molecule has 1 aromatic carbocycles. The zero-order chi connectivity index (χ0) is 13.8. The summed E-state index contributed by atoms with van der Waals surface area (Å²) in [6.45, 7) is 0.580. The Kier molecular flexibility index (Phi) is 4.24. The van der Waals surface area contributed by atoms with Crippen LogP contribution in [-0.2, 0) is 6.54 Å². The van der Waals surface area contributed by atoms with Gasteiger partial charge in [0.1, 0.15) is 5.75 Å². The number of primary amides is 1. The monoisotopic (exact) mass is 297 g/mol. The van der Waals surface area contributed by atoms with E-state index in [9.17, 15) is 4.79 Å². The summed E-state index contributed by atoms with van der Waals surface area (Å²) in [5.41, 5.74) is 6.40. The van der Waals surface area contributed by atoms with Gasteiger partial charge in [0.05, 0.1) is 19.3 Å². The Balaban J connectivity index is 2.13. The topological polar surface area (TPSA) is 77.2 Å². The summed E-state index contributed by atoms with van der Waals surface area (Å²) in [7, 11) is 1.54. The summed E-state index contributed by atoms with van der Waals surface area (Å²) in [5, 5.41) is 3.19. The van der Waals surface area contributed by atoms with Crippen LogP contribution in [-0.4, -0.2) is 18.0 Å². The molecule has 1 heterocycles. The average molecular weight is 298 g/mol. The molecule has 5 nitrogen and oxygen atoms in total. The summed E-state index contributed by atoms with van der Waals surface area (Å²) >= 11 is 7.17. The van der Waals surface area contributed by atoms with Crippen molar-refractivity contribution in [3.05, 3.63) is 39.3 Å². The van der Waals surface area contributed by atoms with Crippen LogP contribution in [0.2, 0.25) is 4.47 Å². The highest BCUT2D eigenvalue weighted by atomic mass is 35.5. The second-order valence-corrected chi connectivity index (χ2v) is 5.41. The number of carbonyl (C=O) groups is 1. The van der Waals surface area contributed by atoms with E-state index in [1.165, 1.54) is 18.4 Å². The van der Waals surface area contributed by atoms with Crippen LogP contribution in [0.25, 0.3) is 0 Å². The minimum Gasteiger partial charge on any atom is -0.495 e. The van der Waals surface area contributed by atoms with Gasteiger partial charge in [-0.1, -0.05) is 11.6 Å². The van der Waals surface area contributed by atoms with Crippen LogP contribution < -0.4 is 15.8 Å². The Bertz CT molecular complexity index is 600. The van der Waals surface area contributed by atoms with Crippen LogP contribution in [0.5, 0.6) is 5.75 Å². The number of anilines is 1. The van der Waals surface area contributed by atoms with Gasteiger partial charge in [0.2, 0.25) is 5.91 Å². The first-order chi connectivity index (χ1) is 9.10. The standard InChI is InChI=1S/C12H12ClN3O2S/c1-18-10-4-7(11(14)17)2-3-9(10)15-5-8-6-16-12(13)19-8/h2-4,6,15H,5H2,1H3,(H2,14,17). The molecule has 0 aliphatic rings. The number of benzene rings is 1. The van der Waals surface area contributed by atoms with Gasteiger partial charge in [-0.25, -0.2) is 4.98 Å². The van der Waals surface area contributed by atoms with Crippen LogP contribution in [0.4, 0.5) is 5.69 Å². The van der Waals surface area contributed by atoms with Crippen molar-refractivity contribution < 1.29 is 9.53 Å². The van der Waals surface area contributed by atoms with E-state index in [-0.39, 0.29) is 0 Å². The molecular weight excluding hydrogens is 286 g/mol. The van der Waals surface area contributed by atoms with Gasteiger partial charge in [-0.05, 0) is 18.2 Å². The van der Waals surface area contributed by atoms with Crippen molar-refractivity contribution in [3.63, 3.8) is 0 Å². The third-order valence-corrected chi connectivity index (χ3v) is 3.58. The molecule has 0 radical (unpaired) electrons. The van der Waals surface area contributed by atoms with Gasteiger partial charge in [0.15, 0.2) is 4.47 Å². The predicted molar refractivity (Wildman–Crippen MR) is 76.0 cm³/mol. The van der Waals surface area contributed by atoms with E-state index in [4.69, 9.17) is 22.1 Å². The fourth-order valence-corrected chi connectivity index (χ4v) is 2.46. The number of ether oxygens (including phenoxy) is 1. The molecule has 1 amide bonds. The summed E-state index contributed by atoms with van der Waals surface area (Å²) < 4.78 is 5.73. The highest BCUT2D eigenvalue weighted by Crippen LogP contribution is 2.27. The smallest absolute Gasteiger partial charge is 0.248 e. The van der Waals surface area contributed by atoms with Crippen LogP contribution in [0.3, 0.4) is 0 Å². The number of rotatable bonds is 5. The molecule has 0 unspecified atom stereocenters. The van der Waals surface area contributed by atoms with E-state index in [1.54, 1.807) is 24.4 Å². The first-order valence-corrected chi connectivity index (χ1v) is 6.61.